The van der Waals surface area contributed by atoms with Gasteiger partial charge in [0.05, 0.1) is 0 Å². The Morgan fingerprint density at radius 3 is 2.62 bits per heavy atom. The van der Waals surface area contributed by atoms with Gasteiger partial charge in [0.25, 0.3) is 0 Å². The summed E-state index contributed by atoms with van der Waals surface area (Å²) in [5.41, 5.74) is -0.498. The quantitative estimate of drug-likeness (QED) is 0.580. The molecule has 1 amide bonds. The molecule has 0 aromatic rings. The van der Waals surface area contributed by atoms with E-state index in [9.17, 15) is 9.59 Å². The number of rotatable bonds is 3. The molecule has 2 atom stereocenters. The zero-order chi connectivity index (χ0) is 12.3. The number of hydrogen-bond acceptors (Lipinski definition) is 3. The molecule has 1 saturated carbocycles. The first-order chi connectivity index (χ1) is 7.33. The fourth-order valence-electron chi connectivity index (χ4n) is 1.43. The van der Waals surface area contributed by atoms with Crippen molar-refractivity contribution >= 4 is 11.9 Å². The van der Waals surface area contributed by atoms with Crippen LogP contribution in [0, 0.1) is 24.2 Å². The molecule has 0 radical (unpaired) electrons. The predicted octanol–water partition coefficient (Wildman–Crippen LogP) is 1.35. The standard InChI is InChI=1S/C12H17NO3/c1-5-10(14)9-6-8(9)7-13-11(15)16-12(2,3)4/h1,8-9H,6-7H2,2-4H3,(H,13,15). The molecule has 0 aromatic heterocycles. The van der Waals surface area contributed by atoms with Crippen LogP contribution in [0.5, 0.6) is 0 Å². The second kappa shape index (κ2) is 4.56. The van der Waals surface area contributed by atoms with Gasteiger partial charge in [-0.25, -0.2) is 4.79 Å². The van der Waals surface area contributed by atoms with Crippen LogP contribution < -0.4 is 5.32 Å². The summed E-state index contributed by atoms with van der Waals surface area (Å²) in [6.45, 7) is 5.85. The van der Waals surface area contributed by atoms with Gasteiger partial charge >= 0.3 is 6.09 Å². The first kappa shape index (κ1) is 12.6. The average Bonchev–Trinajstić information content (AvgIpc) is 2.90. The molecule has 0 bridgehead atoms. The zero-order valence-electron chi connectivity index (χ0n) is 9.87. The summed E-state index contributed by atoms with van der Waals surface area (Å²) < 4.78 is 5.06. The number of alkyl carbamates (subject to hydrolysis) is 1. The van der Waals surface area contributed by atoms with E-state index in [2.05, 4.69) is 11.2 Å². The molecule has 4 heteroatoms. The molecule has 1 aliphatic rings. The van der Waals surface area contributed by atoms with E-state index in [0.717, 1.165) is 6.42 Å². The van der Waals surface area contributed by atoms with Gasteiger partial charge in [0.2, 0.25) is 5.78 Å². The van der Waals surface area contributed by atoms with Crippen molar-refractivity contribution in [2.75, 3.05) is 6.54 Å². The Morgan fingerprint density at radius 1 is 1.50 bits per heavy atom. The van der Waals surface area contributed by atoms with Crippen LogP contribution in [0.25, 0.3) is 0 Å². The maximum atomic E-state index is 11.3. The number of nitrogens with one attached hydrogen (secondary N) is 1. The summed E-state index contributed by atoms with van der Waals surface area (Å²) in [6.07, 6.45) is 5.31. The number of ketones is 1. The van der Waals surface area contributed by atoms with E-state index in [-0.39, 0.29) is 17.6 Å². The van der Waals surface area contributed by atoms with Crippen molar-refractivity contribution in [1.29, 1.82) is 0 Å². The molecule has 1 N–H and O–H groups in total. The minimum Gasteiger partial charge on any atom is -0.444 e. The van der Waals surface area contributed by atoms with Crippen molar-refractivity contribution in [3.8, 4) is 12.3 Å². The van der Waals surface area contributed by atoms with Gasteiger partial charge in [0.1, 0.15) is 5.60 Å². The summed E-state index contributed by atoms with van der Waals surface area (Å²) in [7, 11) is 0. The topological polar surface area (TPSA) is 55.4 Å². The highest BCUT2D eigenvalue weighted by Crippen LogP contribution is 2.38. The SMILES string of the molecule is C#CC(=O)C1CC1CNC(=O)OC(C)(C)C. The number of Topliss-reactive ketones (excluding diaryl/α,β-unsaturated/α-hetero) is 1. The molecule has 1 aliphatic carbocycles. The molecule has 0 saturated heterocycles. The lowest BCUT2D eigenvalue weighted by Gasteiger charge is -2.19. The highest BCUT2D eigenvalue weighted by molar-refractivity contribution is 5.98. The molecule has 2 unspecified atom stereocenters. The van der Waals surface area contributed by atoms with Crippen LogP contribution in [0.3, 0.4) is 0 Å². The highest BCUT2D eigenvalue weighted by atomic mass is 16.6. The second-order valence-electron chi connectivity index (χ2n) is 4.99. The van der Waals surface area contributed by atoms with Crippen molar-refractivity contribution in [1.82, 2.24) is 5.32 Å². The van der Waals surface area contributed by atoms with E-state index in [1.165, 1.54) is 0 Å². The van der Waals surface area contributed by atoms with E-state index < -0.39 is 11.7 Å². The minimum atomic E-state index is -0.498. The third kappa shape index (κ3) is 3.93. The summed E-state index contributed by atoms with van der Waals surface area (Å²) in [6, 6.07) is 0. The van der Waals surface area contributed by atoms with Gasteiger partial charge in [-0.2, -0.15) is 0 Å². The molecule has 88 valence electrons. The number of ether oxygens (including phenoxy) is 1. The van der Waals surface area contributed by atoms with Crippen LogP contribution >= 0.6 is 0 Å². The summed E-state index contributed by atoms with van der Waals surface area (Å²) in [5, 5.41) is 2.63. The molecule has 0 aliphatic heterocycles. The van der Waals surface area contributed by atoms with Gasteiger partial charge in [0.15, 0.2) is 0 Å². The molecule has 1 fully saturated rings. The lowest BCUT2D eigenvalue weighted by Crippen LogP contribution is -2.33. The Balaban J connectivity index is 2.21. The lowest BCUT2D eigenvalue weighted by molar-refractivity contribution is -0.115. The van der Waals surface area contributed by atoms with Crippen LogP contribution in [-0.4, -0.2) is 24.0 Å². The van der Waals surface area contributed by atoms with Gasteiger partial charge in [-0.3, -0.25) is 4.79 Å². The third-order valence-corrected chi connectivity index (χ3v) is 2.31. The van der Waals surface area contributed by atoms with Crippen molar-refractivity contribution in [2.24, 2.45) is 11.8 Å². The first-order valence-electron chi connectivity index (χ1n) is 5.31. The number of carbonyl (C=O) groups is 2. The van der Waals surface area contributed by atoms with E-state index in [0.29, 0.717) is 6.54 Å². The molecule has 16 heavy (non-hydrogen) atoms. The minimum absolute atomic E-state index is 0.0695. The van der Waals surface area contributed by atoms with Crippen molar-refractivity contribution < 1.29 is 14.3 Å². The van der Waals surface area contributed by atoms with Gasteiger partial charge in [-0.15, -0.1) is 6.42 Å². The molecule has 0 spiro atoms. The van der Waals surface area contributed by atoms with Gasteiger partial charge < -0.3 is 10.1 Å². The Labute approximate surface area is 95.7 Å². The number of terminal acetylenes is 1. The van der Waals surface area contributed by atoms with Crippen molar-refractivity contribution in [3.63, 3.8) is 0 Å². The Kier molecular flexibility index (Phi) is 3.58. The van der Waals surface area contributed by atoms with Crippen LogP contribution in [0.1, 0.15) is 27.2 Å². The number of amides is 1. The predicted molar refractivity (Wildman–Crippen MR) is 59.7 cm³/mol. The molecule has 0 heterocycles. The van der Waals surface area contributed by atoms with E-state index in [1.807, 2.05) is 0 Å². The number of hydrogen-bond donors (Lipinski definition) is 1. The second-order valence-corrected chi connectivity index (χ2v) is 4.99. The Morgan fingerprint density at radius 2 is 2.12 bits per heavy atom. The third-order valence-electron chi connectivity index (χ3n) is 2.31. The molecule has 4 nitrogen and oxygen atoms in total. The normalized spacial score (nSPS) is 23.1. The maximum absolute atomic E-state index is 11.3. The largest absolute Gasteiger partial charge is 0.444 e. The molecular formula is C12H17NO3. The fraction of sp³-hybridized carbons (Fsp3) is 0.667. The molecule has 1 rings (SSSR count). The van der Waals surface area contributed by atoms with Crippen LogP contribution in [0.2, 0.25) is 0 Å². The zero-order valence-corrected chi connectivity index (χ0v) is 9.87. The van der Waals surface area contributed by atoms with Crippen LogP contribution in [-0.2, 0) is 9.53 Å². The van der Waals surface area contributed by atoms with E-state index >= 15 is 0 Å². The van der Waals surface area contributed by atoms with E-state index in [1.54, 1.807) is 20.8 Å². The van der Waals surface area contributed by atoms with Crippen LogP contribution in [0.15, 0.2) is 0 Å². The Bertz CT molecular complexity index is 335. The summed E-state index contributed by atoms with van der Waals surface area (Å²) in [4.78, 5) is 22.4. The summed E-state index contributed by atoms with van der Waals surface area (Å²) in [5.74, 6) is 2.04. The Hall–Kier alpha value is -1.50. The van der Waals surface area contributed by atoms with E-state index in [4.69, 9.17) is 11.2 Å². The van der Waals surface area contributed by atoms with Gasteiger partial charge in [-0.05, 0) is 39.0 Å². The smallest absolute Gasteiger partial charge is 0.407 e. The highest BCUT2D eigenvalue weighted by Gasteiger charge is 2.42. The van der Waals surface area contributed by atoms with Crippen molar-refractivity contribution in [2.45, 2.75) is 32.8 Å². The lowest BCUT2D eigenvalue weighted by atomic mass is 10.2. The fourth-order valence-corrected chi connectivity index (χ4v) is 1.43. The van der Waals surface area contributed by atoms with Crippen molar-refractivity contribution in [3.05, 3.63) is 0 Å². The first-order valence-corrected chi connectivity index (χ1v) is 5.31. The summed E-state index contributed by atoms with van der Waals surface area (Å²) >= 11 is 0. The molecule has 0 aromatic carbocycles. The number of carbonyl (C=O) groups excluding carboxylic acids is 2. The molecular weight excluding hydrogens is 206 g/mol. The van der Waals surface area contributed by atoms with Gasteiger partial charge in [-0.1, -0.05) is 0 Å². The van der Waals surface area contributed by atoms with Crippen LogP contribution in [0.4, 0.5) is 4.79 Å². The average molecular weight is 223 g/mol. The maximum Gasteiger partial charge on any atom is 0.407 e. The monoisotopic (exact) mass is 223 g/mol. The van der Waals surface area contributed by atoms with Gasteiger partial charge in [0, 0.05) is 12.5 Å².